The Bertz CT molecular complexity index is 3470. The van der Waals surface area contributed by atoms with Crippen LogP contribution in [0.5, 0.6) is 0 Å². The topological polar surface area (TPSA) is 42.7 Å². The Kier molecular flexibility index (Phi) is 6.60. The average molecular weight is 718 g/mol. The first-order valence-corrected chi connectivity index (χ1v) is 18.9. The van der Waals surface area contributed by atoms with Crippen LogP contribution >= 0.6 is 0 Å². The lowest BCUT2D eigenvalue weighted by atomic mass is 9.97. The molecule has 0 atom stereocenters. The summed E-state index contributed by atoms with van der Waals surface area (Å²) in [6, 6.07) is 66.1. The Labute approximate surface area is 321 Å². The van der Waals surface area contributed by atoms with Gasteiger partial charge in [0.25, 0.3) is 0 Å². The number of rotatable bonds is 5. The van der Waals surface area contributed by atoms with Gasteiger partial charge in [-0.15, -0.1) is 0 Å². The maximum atomic E-state index is 6.48. The zero-order chi connectivity index (χ0) is 36.7. The monoisotopic (exact) mass is 717 g/mol. The van der Waals surface area contributed by atoms with E-state index in [-0.39, 0.29) is 0 Å². The zero-order valence-electron chi connectivity index (χ0n) is 30.1. The average Bonchev–Trinajstić information content (AvgIpc) is 3.95. The van der Waals surface area contributed by atoms with Crippen molar-refractivity contribution in [1.82, 2.24) is 0 Å². The number of anilines is 3. The predicted octanol–water partition coefficient (Wildman–Crippen LogP) is 15.3. The van der Waals surface area contributed by atoms with Crippen LogP contribution in [0.15, 0.2) is 201 Å². The lowest BCUT2D eigenvalue weighted by Gasteiger charge is -2.26. The summed E-state index contributed by atoms with van der Waals surface area (Å²) in [4.78, 5) is 2.30. The second-order valence-electron chi connectivity index (χ2n) is 14.4. The van der Waals surface area contributed by atoms with Crippen molar-refractivity contribution in [2.45, 2.75) is 0 Å². The molecule has 4 nitrogen and oxygen atoms in total. The molecule has 3 aromatic heterocycles. The normalized spacial score (nSPS) is 11.9. The Morgan fingerprint density at radius 3 is 1.57 bits per heavy atom. The van der Waals surface area contributed by atoms with Crippen molar-refractivity contribution in [2.24, 2.45) is 0 Å². The second-order valence-corrected chi connectivity index (χ2v) is 14.4. The fraction of sp³-hybridized carbons (Fsp3) is 0. The zero-order valence-corrected chi connectivity index (χ0v) is 30.1. The van der Waals surface area contributed by atoms with Gasteiger partial charge in [0.1, 0.15) is 33.5 Å². The van der Waals surface area contributed by atoms with Gasteiger partial charge in [0.15, 0.2) is 0 Å². The summed E-state index contributed by atoms with van der Waals surface area (Å²) in [5.74, 6) is 0. The Hall–Kier alpha value is -7.56. The van der Waals surface area contributed by atoms with Crippen molar-refractivity contribution in [2.75, 3.05) is 4.90 Å². The number of para-hydroxylation sites is 2. The molecule has 0 fully saturated rings. The van der Waals surface area contributed by atoms with E-state index >= 15 is 0 Å². The van der Waals surface area contributed by atoms with Crippen LogP contribution in [0, 0.1) is 0 Å². The fourth-order valence-electron chi connectivity index (χ4n) is 8.72. The van der Waals surface area contributed by atoms with Crippen LogP contribution in [0.25, 0.3) is 98.8 Å². The van der Waals surface area contributed by atoms with Crippen LogP contribution in [0.3, 0.4) is 0 Å². The molecule has 4 heteroatoms. The molecule has 0 radical (unpaired) electrons. The smallest absolute Gasteiger partial charge is 0.137 e. The minimum absolute atomic E-state index is 0.849. The van der Waals surface area contributed by atoms with Crippen LogP contribution in [0.2, 0.25) is 0 Å². The van der Waals surface area contributed by atoms with Crippen LogP contribution < -0.4 is 4.90 Å². The molecule has 0 saturated heterocycles. The minimum Gasteiger partial charge on any atom is -0.456 e. The molecule has 0 amide bonds. The molecule has 0 aliphatic carbocycles. The van der Waals surface area contributed by atoms with Crippen LogP contribution in [-0.4, -0.2) is 0 Å². The van der Waals surface area contributed by atoms with Crippen molar-refractivity contribution >= 4 is 93.7 Å². The number of furan rings is 3. The Balaban J connectivity index is 1.01. The van der Waals surface area contributed by atoms with Gasteiger partial charge >= 0.3 is 0 Å². The number of hydrogen-bond acceptors (Lipinski definition) is 4. The van der Waals surface area contributed by atoms with E-state index in [0.29, 0.717) is 0 Å². The molecule has 0 aliphatic heterocycles. The van der Waals surface area contributed by atoms with Crippen molar-refractivity contribution in [3.63, 3.8) is 0 Å². The Morgan fingerprint density at radius 2 is 0.786 bits per heavy atom. The van der Waals surface area contributed by atoms with E-state index < -0.39 is 0 Å². The first-order valence-electron chi connectivity index (χ1n) is 18.9. The summed E-state index contributed by atoms with van der Waals surface area (Å²) >= 11 is 0. The van der Waals surface area contributed by atoms with Crippen molar-refractivity contribution < 1.29 is 13.3 Å². The molecule has 0 bridgehead atoms. The van der Waals surface area contributed by atoms with Gasteiger partial charge in [0.2, 0.25) is 0 Å². The van der Waals surface area contributed by atoms with Crippen LogP contribution in [-0.2, 0) is 0 Å². The summed E-state index contributed by atoms with van der Waals surface area (Å²) in [6.07, 6.45) is 0. The molecular weight excluding hydrogens is 687 g/mol. The Morgan fingerprint density at radius 1 is 0.286 bits per heavy atom. The molecule has 0 saturated carbocycles. The van der Waals surface area contributed by atoms with Gasteiger partial charge in [-0.1, -0.05) is 115 Å². The van der Waals surface area contributed by atoms with E-state index in [0.717, 1.165) is 94.0 Å². The highest BCUT2D eigenvalue weighted by Crippen LogP contribution is 2.45. The fourth-order valence-corrected chi connectivity index (χ4v) is 8.72. The van der Waals surface area contributed by atoms with Gasteiger partial charge in [-0.05, 0) is 99.8 Å². The summed E-state index contributed by atoms with van der Waals surface area (Å²) in [5.41, 5.74) is 12.9. The second kappa shape index (κ2) is 12.0. The molecule has 12 aromatic rings. The lowest BCUT2D eigenvalue weighted by Crippen LogP contribution is -2.09. The predicted molar refractivity (Wildman–Crippen MR) is 231 cm³/mol. The van der Waals surface area contributed by atoms with Gasteiger partial charge in [0, 0.05) is 55.4 Å². The van der Waals surface area contributed by atoms with E-state index in [1.165, 1.54) is 21.9 Å². The molecule has 9 aromatic carbocycles. The molecule has 3 heterocycles. The summed E-state index contributed by atoms with van der Waals surface area (Å²) in [6.45, 7) is 0. The molecule has 0 spiro atoms. The van der Waals surface area contributed by atoms with E-state index in [1.54, 1.807) is 0 Å². The van der Waals surface area contributed by atoms with E-state index in [4.69, 9.17) is 13.3 Å². The summed E-state index contributed by atoms with van der Waals surface area (Å²) < 4.78 is 19.2. The third-order valence-corrected chi connectivity index (χ3v) is 11.3. The highest BCUT2D eigenvalue weighted by molar-refractivity contribution is 6.28. The highest BCUT2D eigenvalue weighted by atomic mass is 16.3. The summed E-state index contributed by atoms with van der Waals surface area (Å²) in [7, 11) is 0. The molecule has 0 unspecified atom stereocenters. The van der Waals surface area contributed by atoms with E-state index in [2.05, 4.69) is 157 Å². The van der Waals surface area contributed by atoms with Crippen molar-refractivity contribution in [3.05, 3.63) is 188 Å². The highest BCUT2D eigenvalue weighted by Gasteiger charge is 2.20. The van der Waals surface area contributed by atoms with Crippen LogP contribution in [0.1, 0.15) is 0 Å². The standard InChI is InChI=1S/C52H31NO3/c1-2-11-38-32(9-1)10-7-14-39(38)33-19-23-35(24-20-33)53(37-27-28-42-41-12-3-5-16-44(41)55-49(42)31-37)36-25-21-34(22-26-36)40-15-8-18-46-50(40)52-48(56-46)30-29-47-51(52)43-13-4-6-17-45(43)54-47/h1-31H. The molecule has 262 valence electrons. The van der Waals surface area contributed by atoms with E-state index in [9.17, 15) is 0 Å². The maximum Gasteiger partial charge on any atom is 0.137 e. The molecule has 0 N–H and O–H groups in total. The number of fused-ring (bicyclic) bond motifs is 11. The number of hydrogen-bond donors (Lipinski definition) is 0. The summed E-state index contributed by atoms with van der Waals surface area (Å²) in [5, 5.41) is 9.03. The third-order valence-electron chi connectivity index (χ3n) is 11.3. The van der Waals surface area contributed by atoms with Crippen molar-refractivity contribution in [1.29, 1.82) is 0 Å². The third kappa shape index (κ3) is 4.66. The number of nitrogens with zero attached hydrogens (tertiary/aromatic N) is 1. The van der Waals surface area contributed by atoms with Crippen molar-refractivity contribution in [3.8, 4) is 22.3 Å². The van der Waals surface area contributed by atoms with E-state index in [1.807, 2.05) is 36.4 Å². The largest absolute Gasteiger partial charge is 0.456 e. The molecule has 56 heavy (non-hydrogen) atoms. The first kappa shape index (κ1) is 30.9. The van der Waals surface area contributed by atoms with Gasteiger partial charge in [0.05, 0.1) is 0 Å². The van der Waals surface area contributed by atoms with Gasteiger partial charge in [-0.3, -0.25) is 0 Å². The van der Waals surface area contributed by atoms with Gasteiger partial charge in [-0.25, -0.2) is 0 Å². The maximum absolute atomic E-state index is 6.48. The molecular formula is C52H31NO3. The molecule has 12 rings (SSSR count). The first-order chi connectivity index (χ1) is 27.7. The quantitative estimate of drug-likeness (QED) is 0.178. The SMILES string of the molecule is c1ccc2c(-c3ccc(N(c4ccc(-c5cccc6oc7ccc8oc9ccccc9c8c7c56)cc4)c4ccc5c(c4)oc4ccccc45)cc3)cccc2c1. The minimum atomic E-state index is 0.849. The molecule has 0 aliphatic rings. The number of benzene rings is 9. The van der Waals surface area contributed by atoms with Gasteiger partial charge < -0.3 is 18.2 Å². The lowest BCUT2D eigenvalue weighted by molar-refractivity contribution is 0.663. The van der Waals surface area contributed by atoms with Crippen LogP contribution in [0.4, 0.5) is 17.1 Å². The van der Waals surface area contributed by atoms with Gasteiger partial charge in [-0.2, -0.15) is 0 Å².